The Labute approximate surface area is 120 Å². The van der Waals surface area contributed by atoms with Gasteiger partial charge in [-0.3, -0.25) is 4.79 Å². The smallest absolute Gasteiger partial charge is 0.326 e. The summed E-state index contributed by atoms with van der Waals surface area (Å²) in [6, 6.07) is 2.39. The number of aliphatic hydroxyl groups excluding tert-OH is 1. The van der Waals surface area contributed by atoms with Crippen LogP contribution in [0, 0.1) is 0 Å². The summed E-state index contributed by atoms with van der Waals surface area (Å²) in [5.41, 5.74) is 0. The number of esters is 1. The van der Waals surface area contributed by atoms with Gasteiger partial charge in [0.1, 0.15) is 10.9 Å². The van der Waals surface area contributed by atoms with E-state index in [1.807, 2.05) is 4.72 Å². The fourth-order valence-corrected chi connectivity index (χ4v) is 3.19. The maximum Gasteiger partial charge on any atom is 0.326 e. The third kappa shape index (κ3) is 4.05. The van der Waals surface area contributed by atoms with E-state index in [4.69, 9.17) is 28.3 Å². The van der Waals surface area contributed by atoms with Gasteiger partial charge in [-0.15, -0.1) is 0 Å². The lowest BCUT2D eigenvalue weighted by molar-refractivity contribution is -0.143. The molecule has 6 nitrogen and oxygen atoms in total. The Morgan fingerprint density at radius 3 is 2.58 bits per heavy atom. The molecule has 1 unspecified atom stereocenters. The second-order valence-corrected chi connectivity index (χ2v) is 5.98. The first kappa shape index (κ1) is 16.2. The number of carbonyl (C=O) groups is 1. The van der Waals surface area contributed by atoms with Gasteiger partial charge < -0.3 is 9.84 Å². The molecule has 0 aliphatic carbocycles. The molecule has 0 aliphatic heterocycles. The van der Waals surface area contributed by atoms with E-state index < -0.39 is 28.6 Å². The summed E-state index contributed by atoms with van der Waals surface area (Å²) in [5.74, 6) is -0.906. The van der Waals surface area contributed by atoms with Crippen LogP contribution < -0.4 is 4.72 Å². The molecule has 0 fully saturated rings. The van der Waals surface area contributed by atoms with Gasteiger partial charge in [-0.1, -0.05) is 23.2 Å². The number of halogens is 2. The number of ether oxygens (including phenoxy) is 1. The molecular formula is C10H11Cl2NO5S. The summed E-state index contributed by atoms with van der Waals surface area (Å²) in [7, 11) is -3.00. The van der Waals surface area contributed by atoms with E-state index in [2.05, 4.69) is 4.74 Å². The monoisotopic (exact) mass is 327 g/mol. The number of aliphatic hydroxyl groups is 1. The van der Waals surface area contributed by atoms with Gasteiger partial charge in [0.2, 0.25) is 10.0 Å². The van der Waals surface area contributed by atoms with Gasteiger partial charge in [-0.2, -0.15) is 4.72 Å². The molecule has 1 rings (SSSR count). The van der Waals surface area contributed by atoms with Gasteiger partial charge in [0.15, 0.2) is 0 Å². The van der Waals surface area contributed by atoms with Crippen LogP contribution in [0.25, 0.3) is 0 Å². The summed E-state index contributed by atoms with van der Waals surface area (Å²) in [6.45, 7) is -0.739. The number of hydrogen-bond donors (Lipinski definition) is 2. The highest BCUT2D eigenvalue weighted by molar-refractivity contribution is 7.89. The Balaban J connectivity index is 3.07. The maximum atomic E-state index is 12.0. The third-order valence-electron chi connectivity index (χ3n) is 2.15. The number of benzene rings is 1. The molecule has 0 saturated heterocycles. The summed E-state index contributed by atoms with van der Waals surface area (Å²) < 4.78 is 30.3. The Morgan fingerprint density at radius 1 is 1.47 bits per heavy atom. The molecular weight excluding hydrogens is 317 g/mol. The van der Waals surface area contributed by atoms with Gasteiger partial charge in [-0.25, -0.2) is 8.42 Å². The van der Waals surface area contributed by atoms with Crippen molar-refractivity contribution in [3.63, 3.8) is 0 Å². The van der Waals surface area contributed by atoms with Crippen LogP contribution in [0.15, 0.2) is 23.1 Å². The van der Waals surface area contributed by atoms with Gasteiger partial charge in [0, 0.05) is 5.02 Å². The number of nitrogens with one attached hydrogen (secondary N) is 1. The van der Waals surface area contributed by atoms with Crippen LogP contribution >= 0.6 is 23.2 Å². The van der Waals surface area contributed by atoms with E-state index in [-0.39, 0.29) is 14.9 Å². The van der Waals surface area contributed by atoms with Gasteiger partial charge in [-0.05, 0) is 18.2 Å². The van der Waals surface area contributed by atoms with Crippen molar-refractivity contribution in [2.45, 2.75) is 10.9 Å². The van der Waals surface area contributed by atoms with Crippen LogP contribution in [0.1, 0.15) is 0 Å². The average Bonchev–Trinajstić information content (AvgIpc) is 2.34. The van der Waals surface area contributed by atoms with Crippen molar-refractivity contribution in [3.05, 3.63) is 28.2 Å². The summed E-state index contributed by atoms with van der Waals surface area (Å²) >= 11 is 11.4. The van der Waals surface area contributed by atoms with Crippen molar-refractivity contribution >= 4 is 39.2 Å². The molecule has 0 bridgehead atoms. The van der Waals surface area contributed by atoms with Crippen LogP contribution in [-0.4, -0.2) is 39.3 Å². The molecule has 2 N–H and O–H groups in total. The summed E-state index contributed by atoms with van der Waals surface area (Å²) in [6.07, 6.45) is 0. The standard InChI is InChI=1S/C10H11Cl2NO5S/c1-18-10(15)8(5-14)13-19(16,17)9-3-2-6(11)4-7(9)12/h2-4,8,13-14H,5H2,1H3. The van der Waals surface area contributed by atoms with E-state index in [9.17, 15) is 13.2 Å². The first-order chi connectivity index (χ1) is 8.81. The summed E-state index contributed by atoms with van der Waals surface area (Å²) in [4.78, 5) is 11.0. The summed E-state index contributed by atoms with van der Waals surface area (Å²) in [5, 5.41) is 9.15. The number of hydrogen-bond acceptors (Lipinski definition) is 5. The van der Waals surface area contributed by atoms with Gasteiger partial charge in [0.05, 0.1) is 18.7 Å². The van der Waals surface area contributed by atoms with Gasteiger partial charge >= 0.3 is 5.97 Å². The average molecular weight is 328 g/mol. The fourth-order valence-electron chi connectivity index (χ4n) is 1.25. The third-order valence-corrected chi connectivity index (χ3v) is 4.34. The molecule has 106 valence electrons. The maximum absolute atomic E-state index is 12.0. The number of rotatable bonds is 5. The number of sulfonamides is 1. The van der Waals surface area contributed by atoms with Crippen molar-refractivity contribution < 1.29 is 23.1 Å². The quantitative estimate of drug-likeness (QED) is 0.780. The number of carbonyl (C=O) groups excluding carboxylic acids is 1. The van der Waals surface area contributed by atoms with E-state index >= 15 is 0 Å². The lowest BCUT2D eigenvalue weighted by atomic mass is 10.3. The zero-order valence-electron chi connectivity index (χ0n) is 9.76. The largest absolute Gasteiger partial charge is 0.468 e. The van der Waals surface area contributed by atoms with Crippen LogP contribution in [0.2, 0.25) is 10.0 Å². The Kier molecular flexibility index (Phi) is 5.57. The number of methoxy groups -OCH3 is 1. The van der Waals surface area contributed by atoms with Crippen LogP contribution in [0.5, 0.6) is 0 Å². The lowest BCUT2D eigenvalue weighted by Crippen LogP contribution is -2.44. The molecule has 1 atom stereocenters. The van der Waals surface area contributed by atoms with Crippen molar-refractivity contribution in [1.82, 2.24) is 4.72 Å². The van der Waals surface area contributed by atoms with E-state index in [0.29, 0.717) is 0 Å². The second-order valence-electron chi connectivity index (χ2n) is 3.45. The second kappa shape index (κ2) is 6.53. The van der Waals surface area contributed by atoms with Crippen LogP contribution in [0.4, 0.5) is 0 Å². The minimum atomic E-state index is -4.08. The highest BCUT2D eigenvalue weighted by atomic mass is 35.5. The first-order valence-corrected chi connectivity index (χ1v) is 7.21. The fraction of sp³-hybridized carbons (Fsp3) is 0.300. The molecule has 0 aliphatic rings. The molecule has 9 heteroatoms. The highest BCUT2D eigenvalue weighted by Crippen LogP contribution is 2.24. The van der Waals surface area contributed by atoms with Crippen molar-refractivity contribution in [2.75, 3.05) is 13.7 Å². The van der Waals surface area contributed by atoms with E-state index in [1.165, 1.54) is 18.2 Å². The SMILES string of the molecule is COC(=O)C(CO)NS(=O)(=O)c1ccc(Cl)cc1Cl. The predicted molar refractivity (Wildman–Crippen MR) is 69.7 cm³/mol. The highest BCUT2D eigenvalue weighted by Gasteiger charge is 2.27. The van der Waals surface area contributed by atoms with Crippen molar-refractivity contribution in [1.29, 1.82) is 0 Å². The van der Waals surface area contributed by atoms with Crippen LogP contribution in [0.3, 0.4) is 0 Å². The normalized spacial score (nSPS) is 13.1. The first-order valence-electron chi connectivity index (χ1n) is 4.98. The molecule has 0 heterocycles. The molecule has 0 aromatic heterocycles. The molecule has 0 saturated carbocycles. The van der Waals surface area contributed by atoms with Crippen molar-refractivity contribution in [3.8, 4) is 0 Å². The molecule has 1 aromatic rings. The predicted octanol–water partition coefficient (Wildman–Crippen LogP) is 0.806. The Hall–Kier alpha value is -0.860. The molecule has 19 heavy (non-hydrogen) atoms. The molecule has 0 amide bonds. The lowest BCUT2D eigenvalue weighted by Gasteiger charge is -2.14. The Bertz CT molecular complexity index is 575. The van der Waals surface area contributed by atoms with Crippen molar-refractivity contribution in [2.24, 2.45) is 0 Å². The Morgan fingerprint density at radius 2 is 2.11 bits per heavy atom. The zero-order chi connectivity index (χ0) is 14.6. The minimum absolute atomic E-state index is 0.0958. The molecule has 0 radical (unpaired) electrons. The minimum Gasteiger partial charge on any atom is -0.468 e. The van der Waals surface area contributed by atoms with E-state index in [0.717, 1.165) is 7.11 Å². The topological polar surface area (TPSA) is 92.7 Å². The van der Waals surface area contributed by atoms with E-state index in [1.54, 1.807) is 0 Å². The van der Waals surface area contributed by atoms with Gasteiger partial charge in [0.25, 0.3) is 0 Å². The van der Waals surface area contributed by atoms with Crippen LogP contribution in [-0.2, 0) is 19.6 Å². The zero-order valence-corrected chi connectivity index (χ0v) is 12.1. The molecule has 0 spiro atoms. The molecule has 1 aromatic carbocycles.